The van der Waals surface area contributed by atoms with Crippen LogP contribution in [0.2, 0.25) is 0 Å². The number of hydrogen-bond acceptors (Lipinski definition) is 3. The Hall–Kier alpha value is -2.19. The van der Waals surface area contributed by atoms with Crippen LogP contribution in [-0.2, 0) is 12.3 Å². The molecule has 2 aromatic rings. The molecule has 0 saturated carbocycles. The fourth-order valence-electron chi connectivity index (χ4n) is 2.85. The number of nitrogens with zero attached hydrogens (tertiary/aromatic N) is 1. The van der Waals surface area contributed by atoms with Crippen molar-refractivity contribution in [3.63, 3.8) is 0 Å². The molecule has 1 unspecified atom stereocenters. The number of amides is 2. The van der Waals surface area contributed by atoms with E-state index >= 15 is 0 Å². The van der Waals surface area contributed by atoms with E-state index in [4.69, 9.17) is 4.74 Å². The molecule has 1 aliphatic rings. The van der Waals surface area contributed by atoms with Crippen molar-refractivity contribution in [2.75, 3.05) is 12.0 Å². The average Bonchev–Trinajstić information content (AvgIpc) is 2.58. The number of benzene rings is 2. The first-order valence-electron chi connectivity index (χ1n) is 7.78. The predicted octanol–water partition coefficient (Wildman–Crippen LogP) is 3.99. The average molecular weight is 427 g/mol. The number of carbonyl (C=O) groups excluding carboxylic acids is 1. The van der Waals surface area contributed by atoms with Crippen molar-refractivity contribution in [2.45, 2.75) is 25.1 Å². The summed E-state index contributed by atoms with van der Waals surface area (Å²) in [5, 5.41) is 12.6. The monoisotopic (exact) mass is 426 g/mol. The molecule has 0 saturated heterocycles. The van der Waals surface area contributed by atoms with Crippen LogP contribution in [0.15, 0.2) is 46.9 Å². The minimum atomic E-state index is -3.57. The van der Waals surface area contributed by atoms with Crippen molar-refractivity contribution in [1.82, 2.24) is 5.32 Å². The Labute approximate surface area is 157 Å². The van der Waals surface area contributed by atoms with Crippen LogP contribution in [0.3, 0.4) is 0 Å². The molecule has 3 rings (SSSR count). The van der Waals surface area contributed by atoms with Gasteiger partial charge in [0.25, 0.3) is 5.92 Å². The summed E-state index contributed by atoms with van der Waals surface area (Å²) in [6, 6.07) is 10.7. The third kappa shape index (κ3) is 3.14. The van der Waals surface area contributed by atoms with Gasteiger partial charge in [0, 0.05) is 17.0 Å². The molecule has 8 heteroatoms. The summed E-state index contributed by atoms with van der Waals surface area (Å²) in [4.78, 5) is 13.8. The molecule has 0 radical (unpaired) electrons. The normalized spacial score (nSPS) is 19.8. The van der Waals surface area contributed by atoms with E-state index in [1.807, 2.05) is 0 Å². The largest absolute Gasteiger partial charge is 0.497 e. The van der Waals surface area contributed by atoms with E-state index in [1.165, 1.54) is 17.0 Å². The zero-order valence-electron chi connectivity index (χ0n) is 14.1. The molecule has 0 bridgehead atoms. The number of fused-ring (bicyclic) bond motifs is 1. The molecule has 2 N–H and O–H groups in total. The second-order valence-corrected chi connectivity index (χ2v) is 7.04. The van der Waals surface area contributed by atoms with E-state index in [9.17, 15) is 18.7 Å². The smallest absolute Gasteiger partial charge is 0.324 e. The number of methoxy groups -OCH3 is 1. The van der Waals surface area contributed by atoms with Crippen LogP contribution in [0.25, 0.3) is 0 Å². The van der Waals surface area contributed by atoms with E-state index in [2.05, 4.69) is 21.2 Å². The van der Waals surface area contributed by atoms with Gasteiger partial charge in [-0.1, -0.05) is 34.1 Å². The summed E-state index contributed by atoms with van der Waals surface area (Å²) < 4.78 is 33.9. The van der Waals surface area contributed by atoms with E-state index in [1.54, 1.807) is 37.4 Å². The molecule has 0 spiro atoms. The molecule has 0 aromatic heterocycles. The summed E-state index contributed by atoms with van der Waals surface area (Å²) >= 11 is 3.29. The third-order valence-electron chi connectivity index (χ3n) is 4.31. The number of halogens is 3. The van der Waals surface area contributed by atoms with E-state index in [0.29, 0.717) is 17.1 Å². The lowest BCUT2D eigenvalue weighted by molar-refractivity contribution is -0.188. The SMILES string of the molecule is COc1ccc(CN2C(=O)NC(O)(C(C)(F)F)c3ccc(Br)cc32)cc1. The van der Waals surface area contributed by atoms with Crippen molar-refractivity contribution < 1.29 is 23.4 Å². The number of nitrogens with one attached hydrogen (secondary N) is 1. The lowest BCUT2D eigenvalue weighted by atomic mass is 9.92. The summed E-state index contributed by atoms with van der Waals surface area (Å²) in [6.45, 7) is 0.711. The van der Waals surface area contributed by atoms with Crippen LogP contribution in [0.5, 0.6) is 5.75 Å². The van der Waals surface area contributed by atoms with Crippen molar-refractivity contribution in [2.24, 2.45) is 0 Å². The zero-order valence-corrected chi connectivity index (χ0v) is 15.7. The molecule has 2 amide bonds. The van der Waals surface area contributed by atoms with Gasteiger partial charge in [-0.3, -0.25) is 4.90 Å². The van der Waals surface area contributed by atoms with Gasteiger partial charge in [-0.05, 0) is 29.8 Å². The molecule has 1 aliphatic heterocycles. The molecule has 5 nitrogen and oxygen atoms in total. The fraction of sp³-hybridized carbons (Fsp3) is 0.278. The standard InChI is InChI=1S/C18H17BrF2N2O3/c1-17(20,21)18(25)14-8-5-12(19)9-15(14)23(16(24)22-18)10-11-3-6-13(26-2)7-4-11/h3-9,25H,10H2,1-2H3,(H,22,24). The lowest BCUT2D eigenvalue weighted by Gasteiger charge is -2.43. The van der Waals surface area contributed by atoms with Gasteiger partial charge in [0.05, 0.1) is 19.3 Å². The highest BCUT2D eigenvalue weighted by Crippen LogP contribution is 2.44. The van der Waals surface area contributed by atoms with Gasteiger partial charge in [-0.25, -0.2) is 13.6 Å². The van der Waals surface area contributed by atoms with Crippen molar-refractivity contribution in [3.05, 3.63) is 58.1 Å². The van der Waals surface area contributed by atoms with Gasteiger partial charge < -0.3 is 15.2 Å². The summed E-state index contributed by atoms with van der Waals surface area (Å²) in [5.74, 6) is -2.91. The Morgan fingerprint density at radius 2 is 1.92 bits per heavy atom. The lowest BCUT2D eigenvalue weighted by Crippen LogP contribution is -2.63. The quantitative estimate of drug-likeness (QED) is 0.776. The number of urea groups is 1. The molecule has 1 heterocycles. The van der Waals surface area contributed by atoms with Crippen LogP contribution >= 0.6 is 15.9 Å². The van der Waals surface area contributed by atoms with E-state index in [0.717, 1.165) is 5.56 Å². The van der Waals surface area contributed by atoms with Gasteiger partial charge >= 0.3 is 6.03 Å². The topological polar surface area (TPSA) is 61.8 Å². The van der Waals surface area contributed by atoms with Gasteiger partial charge in [-0.2, -0.15) is 0 Å². The maximum absolute atomic E-state index is 14.1. The highest BCUT2D eigenvalue weighted by molar-refractivity contribution is 9.10. The number of ether oxygens (including phenoxy) is 1. The summed E-state index contributed by atoms with van der Waals surface area (Å²) in [6.07, 6.45) is 0. The number of aliphatic hydroxyl groups is 1. The highest BCUT2D eigenvalue weighted by atomic mass is 79.9. The first kappa shape index (κ1) is 18.6. The van der Waals surface area contributed by atoms with Crippen LogP contribution < -0.4 is 15.0 Å². The van der Waals surface area contributed by atoms with Crippen LogP contribution in [-0.4, -0.2) is 24.2 Å². The minimum Gasteiger partial charge on any atom is -0.497 e. The maximum Gasteiger partial charge on any atom is 0.324 e. The Balaban J connectivity index is 2.05. The minimum absolute atomic E-state index is 0.0682. The Morgan fingerprint density at radius 3 is 2.50 bits per heavy atom. The van der Waals surface area contributed by atoms with Crippen molar-refractivity contribution in [1.29, 1.82) is 0 Å². The molecular weight excluding hydrogens is 410 g/mol. The molecule has 0 fully saturated rings. The van der Waals surface area contributed by atoms with E-state index < -0.39 is 17.7 Å². The number of alkyl halides is 2. The second-order valence-electron chi connectivity index (χ2n) is 6.12. The maximum atomic E-state index is 14.1. The molecule has 0 aliphatic carbocycles. The van der Waals surface area contributed by atoms with Crippen LogP contribution in [0.4, 0.5) is 19.3 Å². The first-order valence-corrected chi connectivity index (χ1v) is 8.58. The third-order valence-corrected chi connectivity index (χ3v) is 4.80. The first-order chi connectivity index (χ1) is 12.2. The predicted molar refractivity (Wildman–Crippen MR) is 96.4 cm³/mol. The molecule has 2 aromatic carbocycles. The zero-order chi connectivity index (χ0) is 19.1. The van der Waals surface area contributed by atoms with Gasteiger partial charge in [0.15, 0.2) is 0 Å². The molecular formula is C18H17BrF2N2O3. The number of carbonyl (C=O) groups is 1. The van der Waals surface area contributed by atoms with E-state index in [-0.39, 0.29) is 17.8 Å². The molecule has 26 heavy (non-hydrogen) atoms. The van der Waals surface area contributed by atoms with Crippen LogP contribution in [0.1, 0.15) is 18.1 Å². The van der Waals surface area contributed by atoms with Gasteiger partial charge in [0.1, 0.15) is 5.75 Å². The second kappa shape index (κ2) is 6.51. The number of rotatable bonds is 4. The summed E-state index contributed by atoms with van der Waals surface area (Å²) in [7, 11) is 1.55. The Bertz CT molecular complexity index is 839. The van der Waals surface area contributed by atoms with Crippen LogP contribution in [0, 0.1) is 0 Å². The highest BCUT2D eigenvalue weighted by Gasteiger charge is 2.56. The van der Waals surface area contributed by atoms with Gasteiger partial charge in [-0.15, -0.1) is 0 Å². The van der Waals surface area contributed by atoms with Crippen molar-refractivity contribution in [3.8, 4) is 5.75 Å². The molecule has 1 atom stereocenters. The fourth-order valence-corrected chi connectivity index (χ4v) is 3.20. The Morgan fingerprint density at radius 1 is 1.27 bits per heavy atom. The van der Waals surface area contributed by atoms with Gasteiger partial charge in [0.2, 0.25) is 5.72 Å². The summed E-state index contributed by atoms with van der Waals surface area (Å²) in [5.41, 5.74) is -1.86. The number of hydrogen-bond donors (Lipinski definition) is 2. The molecule has 138 valence electrons. The Kier molecular flexibility index (Phi) is 4.66. The number of anilines is 1. The van der Waals surface area contributed by atoms with Crippen molar-refractivity contribution >= 4 is 27.6 Å².